The molecule has 1 fully saturated rings. The number of aromatic nitrogens is 1. The predicted octanol–water partition coefficient (Wildman–Crippen LogP) is 2.17. The molecule has 0 spiro atoms. The van der Waals surface area contributed by atoms with Crippen molar-refractivity contribution in [2.24, 2.45) is 5.41 Å². The van der Waals surface area contributed by atoms with E-state index in [9.17, 15) is 14.7 Å². The van der Waals surface area contributed by atoms with Gasteiger partial charge in [0.05, 0.1) is 5.41 Å². The van der Waals surface area contributed by atoms with Crippen molar-refractivity contribution in [2.45, 2.75) is 44.9 Å². The molecule has 5 nitrogen and oxygen atoms in total. The average molecular weight is 290 g/mol. The molecule has 21 heavy (non-hydrogen) atoms. The number of nitrogens with one attached hydrogen (secondary N) is 1. The molecule has 2 N–H and O–H groups in total. The highest BCUT2D eigenvalue weighted by molar-refractivity contribution is 5.85. The van der Waals surface area contributed by atoms with Gasteiger partial charge in [0.25, 0.3) is 0 Å². The molecule has 1 amide bonds. The third-order valence-electron chi connectivity index (χ3n) is 4.22. The molecule has 0 aromatic carbocycles. The number of carboxylic acids is 1. The van der Waals surface area contributed by atoms with Gasteiger partial charge in [-0.25, -0.2) is 0 Å². The van der Waals surface area contributed by atoms with Crippen LogP contribution in [0.2, 0.25) is 0 Å². The molecule has 114 valence electrons. The van der Waals surface area contributed by atoms with E-state index >= 15 is 0 Å². The Labute approximate surface area is 124 Å². The zero-order valence-corrected chi connectivity index (χ0v) is 12.2. The molecular weight excluding hydrogens is 268 g/mol. The number of carboxylic acid groups (broad SMARTS) is 1. The summed E-state index contributed by atoms with van der Waals surface area (Å²) in [7, 11) is 0. The smallest absolute Gasteiger partial charge is 0.310 e. The number of nitrogens with zero attached hydrogens (tertiary/aromatic N) is 1. The Balaban J connectivity index is 1.81. The number of hydrogen-bond donors (Lipinski definition) is 2. The van der Waals surface area contributed by atoms with Crippen molar-refractivity contribution in [1.29, 1.82) is 0 Å². The Morgan fingerprint density at radius 1 is 1.29 bits per heavy atom. The predicted molar refractivity (Wildman–Crippen MR) is 78.7 cm³/mol. The third-order valence-corrected chi connectivity index (χ3v) is 4.22. The van der Waals surface area contributed by atoms with Crippen molar-refractivity contribution in [3.63, 3.8) is 0 Å². The van der Waals surface area contributed by atoms with Crippen LogP contribution in [0.5, 0.6) is 0 Å². The standard InChI is InChI=1S/C16H22N2O3/c19-14(18-10-6-13-5-4-9-17-12-13)11-16(15(20)21)7-2-1-3-8-16/h4-5,9,12H,1-3,6-8,10-11H2,(H,18,19)(H,20,21). The van der Waals surface area contributed by atoms with Gasteiger partial charge in [-0.3, -0.25) is 14.6 Å². The number of rotatable bonds is 6. The van der Waals surface area contributed by atoms with Gasteiger partial charge in [0.1, 0.15) is 0 Å². The molecule has 5 heteroatoms. The molecule has 1 aliphatic carbocycles. The summed E-state index contributed by atoms with van der Waals surface area (Å²) in [6.45, 7) is 0.514. The molecule has 1 heterocycles. The van der Waals surface area contributed by atoms with Crippen molar-refractivity contribution in [3.8, 4) is 0 Å². The van der Waals surface area contributed by atoms with Gasteiger partial charge in [-0.05, 0) is 30.9 Å². The van der Waals surface area contributed by atoms with Gasteiger partial charge in [0.2, 0.25) is 5.91 Å². The maximum atomic E-state index is 12.0. The van der Waals surface area contributed by atoms with E-state index in [0.717, 1.165) is 24.8 Å². The number of carbonyl (C=O) groups is 2. The molecule has 1 saturated carbocycles. The van der Waals surface area contributed by atoms with Crippen LogP contribution in [0.1, 0.15) is 44.1 Å². The first-order valence-electron chi connectivity index (χ1n) is 7.51. The fraction of sp³-hybridized carbons (Fsp3) is 0.562. The first-order chi connectivity index (χ1) is 10.1. The summed E-state index contributed by atoms with van der Waals surface area (Å²) in [6.07, 6.45) is 8.36. The van der Waals surface area contributed by atoms with Crippen LogP contribution in [0.4, 0.5) is 0 Å². The summed E-state index contributed by atoms with van der Waals surface area (Å²) in [5, 5.41) is 12.3. The van der Waals surface area contributed by atoms with E-state index in [2.05, 4.69) is 10.3 Å². The van der Waals surface area contributed by atoms with E-state index in [4.69, 9.17) is 0 Å². The Hall–Kier alpha value is -1.91. The second-order valence-corrected chi connectivity index (χ2v) is 5.78. The summed E-state index contributed by atoms with van der Waals surface area (Å²) in [5.41, 5.74) is 0.208. The summed E-state index contributed by atoms with van der Waals surface area (Å²) >= 11 is 0. The Morgan fingerprint density at radius 3 is 2.67 bits per heavy atom. The van der Waals surface area contributed by atoms with Crippen LogP contribution in [-0.4, -0.2) is 28.5 Å². The first kappa shape index (κ1) is 15.5. The number of hydrogen-bond acceptors (Lipinski definition) is 3. The molecule has 0 aliphatic heterocycles. The van der Waals surface area contributed by atoms with Gasteiger partial charge in [-0.1, -0.05) is 25.3 Å². The molecule has 0 bridgehead atoms. The SMILES string of the molecule is O=C(CC1(C(=O)O)CCCCC1)NCCc1cccnc1. The van der Waals surface area contributed by atoms with Crippen molar-refractivity contribution < 1.29 is 14.7 Å². The molecular formula is C16H22N2O3. The quantitative estimate of drug-likeness (QED) is 0.841. The van der Waals surface area contributed by atoms with E-state index in [1.807, 2.05) is 12.1 Å². The number of aliphatic carboxylic acids is 1. The minimum absolute atomic E-state index is 0.0926. The molecule has 0 unspecified atom stereocenters. The van der Waals surface area contributed by atoms with Crippen LogP contribution >= 0.6 is 0 Å². The monoisotopic (exact) mass is 290 g/mol. The van der Waals surface area contributed by atoms with Crippen LogP contribution < -0.4 is 5.32 Å². The molecule has 0 atom stereocenters. The van der Waals surface area contributed by atoms with E-state index in [1.165, 1.54) is 0 Å². The Bertz CT molecular complexity index is 482. The Kier molecular flexibility index (Phi) is 5.31. The molecule has 0 radical (unpaired) electrons. The fourth-order valence-corrected chi connectivity index (χ4v) is 2.96. The molecule has 1 aliphatic rings. The summed E-state index contributed by atoms with van der Waals surface area (Å²) < 4.78 is 0. The normalized spacial score (nSPS) is 17.1. The van der Waals surface area contributed by atoms with Gasteiger partial charge in [-0.2, -0.15) is 0 Å². The lowest BCUT2D eigenvalue weighted by atomic mass is 9.71. The van der Waals surface area contributed by atoms with Crippen LogP contribution in [0, 0.1) is 5.41 Å². The van der Waals surface area contributed by atoms with E-state index in [0.29, 0.717) is 25.8 Å². The van der Waals surface area contributed by atoms with Gasteiger partial charge in [-0.15, -0.1) is 0 Å². The largest absolute Gasteiger partial charge is 0.481 e. The van der Waals surface area contributed by atoms with Gasteiger partial charge < -0.3 is 10.4 Å². The summed E-state index contributed by atoms with van der Waals surface area (Å²) in [4.78, 5) is 27.6. The van der Waals surface area contributed by atoms with E-state index in [-0.39, 0.29) is 12.3 Å². The third kappa shape index (κ3) is 4.28. The zero-order valence-electron chi connectivity index (χ0n) is 12.2. The van der Waals surface area contributed by atoms with Crippen LogP contribution in [0.15, 0.2) is 24.5 Å². The van der Waals surface area contributed by atoms with E-state index < -0.39 is 11.4 Å². The molecule has 1 aromatic heterocycles. The summed E-state index contributed by atoms with van der Waals surface area (Å²) in [6, 6.07) is 3.82. The minimum atomic E-state index is -0.851. The lowest BCUT2D eigenvalue weighted by Crippen LogP contribution is -2.39. The van der Waals surface area contributed by atoms with Crippen LogP contribution in [0.25, 0.3) is 0 Å². The number of carbonyl (C=O) groups excluding carboxylic acids is 1. The zero-order chi connectivity index (χ0) is 15.1. The molecule has 2 rings (SSSR count). The summed E-state index contributed by atoms with van der Waals surface area (Å²) in [5.74, 6) is -0.993. The van der Waals surface area contributed by atoms with Crippen molar-refractivity contribution in [1.82, 2.24) is 10.3 Å². The topological polar surface area (TPSA) is 79.3 Å². The molecule has 1 aromatic rings. The van der Waals surface area contributed by atoms with E-state index in [1.54, 1.807) is 12.4 Å². The highest BCUT2D eigenvalue weighted by Gasteiger charge is 2.41. The van der Waals surface area contributed by atoms with Crippen LogP contribution in [-0.2, 0) is 16.0 Å². The minimum Gasteiger partial charge on any atom is -0.481 e. The lowest BCUT2D eigenvalue weighted by Gasteiger charge is -2.32. The van der Waals surface area contributed by atoms with Gasteiger partial charge >= 0.3 is 5.97 Å². The number of amides is 1. The second-order valence-electron chi connectivity index (χ2n) is 5.78. The highest BCUT2D eigenvalue weighted by Crippen LogP contribution is 2.39. The van der Waals surface area contributed by atoms with Gasteiger partial charge in [0, 0.05) is 25.4 Å². The average Bonchev–Trinajstić information content (AvgIpc) is 2.49. The highest BCUT2D eigenvalue weighted by atomic mass is 16.4. The van der Waals surface area contributed by atoms with Gasteiger partial charge in [0.15, 0.2) is 0 Å². The maximum absolute atomic E-state index is 12.0. The second kappa shape index (κ2) is 7.20. The number of pyridine rings is 1. The van der Waals surface area contributed by atoms with Crippen molar-refractivity contribution in [2.75, 3.05) is 6.54 Å². The Morgan fingerprint density at radius 2 is 2.05 bits per heavy atom. The maximum Gasteiger partial charge on any atom is 0.310 e. The van der Waals surface area contributed by atoms with Crippen molar-refractivity contribution in [3.05, 3.63) is 30.1 Å². The lowest BCUT2D eigenvalue weighted by molar-refractivity contribution is -0.154. The van der Waals surface area contributed by atoms with Crippen LogP contribution in [0.3, 0.4) is 0 Å². The fourth-order valence-electron chi connectivity index (χ4n) is 2.96. The van der Waals surface area contributed by atoms with Crippen molar-refractivity contribution >= 4 is 11.9 Å². The molecule has 0 saturated heterocycles. The first-order valence-corrected chi connectivity index (χ1v) is 7.51.